The Morgan fingerprint density at radius 3 is 2.92 bits per heavy atom. The third kappa shape index (κ3) is 3.36. The summed E-state index contributed by atoms with van der Waals surface area (Å²) in [5.41, 5.74) is 1.24. The van der Waals surface area contributed by atoms with Crippen LogP contribution in [-0.2, 0) is 4.79 Å². The Bertz CT molecular complexity index is 719. The van der Waals surface area contributed by atoms with Crippen molar-refractivity contribution in [1.29, 1.82) is 0 Å². The largest absolute Gasteiger partial charge is 0.333 e. The Morgan fingerprint density at radius 2 is 2.08 bits per heavy atom. The molecule has 0 radical (unpaired) electrons. The molecule has 3 rings (SSSR count). The van der Waals surface area contributed by atoms with Crippen molar-refractivity contribution in [1.82, 2.24) is 10.2 Å². The first kappa shape index (κ1) is 16.7. The zero-order valence-electron chi connectivity index (χ0n) is 14.4. The maximum atomic E-state index is 12.5. The number of likely N-dealkylation sites (tertiary alicyclic amines) is 1. The summed E-state index contributed by atoms with van der Waals surface area (Å²) in [6.45, 7) is 7.63. The highest BCUT2D eigenvalue weighted by molar-refractivity contribution is 5.87. The molecule has 2 aromatic rings. The smallest absolute Gasteiger partial charge is 0.223 e. The van der Waals surface area contributed by atoms with Crippen molar-refractivity contribution in [3.8, 4) is 0 Å². The Kier molecular flexibility index (Phi) is 5.31. The van der Waals surface area contributed by atoms with E-state index in [0.717, 1.165) is 25.9 Å². The molecule has 1 aliphatic heterocycles. The molecule has 1 saturated heterocycles. The maximum absolute atomic E-state index is 12.5. The van der Waals surface area contributed by atoms with Crippen LogP contribution in [0.1, 0.15) is 37.8 Å². The second-order valence-electron chi connectivity index (χ2n) is 6.52. The SMILES string of the molecule is C=CCNCC[C@@H]1CCC(=O)N1[C@@H](C)c1cccc2ccccc12. The molecule has 24 heavy (non-hydrogen) atoms. The van der Waals surface area contributed by atoms with Crippen LogP contribution in [0.25, 0.3) is 10.8 Å². The number of hydrogen-bond donors (Lipinski definition) is 1. The van der Waals surface area contributed by atoms with Gasteiger partial charge >= 0.3 is 0 Å². The summed E-state index contributed by atoms with van der Waals surface area (Å²) in [5, 5.41) is 5.83. The van der Waals surface area contributed by atoms with Gasteiger partial charge in [-0.25, -0.2) is 0 Å². The molecule has 0 spiro atoms. The molecule has 3 nitrogen and oxygen atoms in total. The Hall–Kier alpha value is -2.13. The molecule has 1 amide bonds. The van der Waals surface area contributed by atoms with Gasteiger partial charge in [0.15, 0.2) is 0 Å². The summed E-state index contributed by atoms with van der Waals surface area (Å²) in [6, 6.07) is 15.2. The summed E-state index contributed by atoms with van der Waals surface area (Å²) in [6.07, 6.45) is 4.50. The van der Waals surface area contributed by atoms with E-state index in [-0.39, 0.29) is 11.9 Å². The summed E-state index contributed by atoms with van der Waals surface area (Å²) >= 11 is 0. The molecule has 0 aromatic heterocycles. The monoisotopic (exact) mass is 322 g/mol. The second kappa shape index (κ2) is 7.63. The minimum atomic E-state index is 0.107. The van der Waals surface area contributed by atoms with E-state index >= 15 is 0 Å². The number of fused-ring (bicyclic) bond motifs is 1. The average molecular weight is 322 g/mol. The molecule has 0 saturated carbocycles. The lowest BCUT2D eigenvalue weighted by atomic mass is 9.98. The van der Waals surface area contributed by atoms with Crippen LogP contribution in [0.2, 0.25) is 0 Å². The third-order valence-corrected chi connectivity index (χ3v) is 5.01. The van der Waals surface area contributed by atoms with Gasteiger partial charge in [-0.3, -0.25) is 4.79 Å². The fraction of sp³-hybridized carbons (Fsp3) is 0.381. The number of benzene rings is 2. The average Bonchev–Trinajstić information content (AvgIpc) is 2.98. The van der Waals surface area contributed by atoms with Crippen molar-refractivity contribution < 1.29 is 4.79 Å². The lowest BCUT2D eigenvalue weighted by Crippen LogP contribution is -2.37. The Morgan fingerprint density at radius 1 is 1.29 bits per heavy atom. The van der Waals surface area contributed by atoms with Crippen LogP contribution in [0, 0.1) is 0 Å². The first-order chi connectivity index (χ1) is 11.7. The van der Waals surface area contributed by atoms with Crippen LogP contribution in [0.3, 0.4) is 0 Å². The molecule has 0 unspecified atom stereocenters. The van der Waals surface area contributed by atoms with Crippen molar-refractivity contribution in [2.45, 2.75) is 38.3 Å². The van der Waals surface area contributed by atoms with Crippen molar-refractivity contribution >= 4 is 16.7 Å². The van der Waals surface area contributed by atoms with Crippen molar-refractivity contribution in [3.05, 3.63) is 60.7 Å². The summed E-state index contributed by atoms with van der Waals surface area (Å²) in [4.78, 5) is 14.6. The van der Waals surface area contributed by atoms with E-state index in [1.165, 1.54) is 16.3 Å². The van der Waals surface area contributed by atoms with E-state index in [2.05, 4.69) is 66.2 Å². The predicted octanol–water partition coefficient (Wildman–Crippen LogP) is 4.06. The minimum Gasteiger partial charge on any atom is -0.333 e. The highest BCUT2D eigenvalue weighted by Gasteiger charge is 2.34. The molecule has 1 N–H and O–H groups in total. The standard InChI is InChI=1S/C21H26N2O/c1-3-14-22-15-13-18-11-12-21(24)23(18)16(2)19-10-6-8-17-7-4-5-9-20(17)19/h3-10,16,18,22H,1,11-15H2,2H3/t16-,18-/m0/s1. The number of rotatable bonds is 7. The number of hydrogen-bond acceptors (Lipinski definition) is 2. The van der Waals surface area contributed by atoms with E-state index in [1.54, 1.807) is 0 Å². The van der Waals surface area contributed by atoms with Crippen molar-refractivity contribution in [2.24, 2.45) is 0 Å². The molecule has 1 aliphatic rings. The van der Waals surface area contributed by atoms with Gasteiger partial charge in [-0.1, -0.05) is 48.5 Å². The molecule has 0 aliphatic carbocycles. The first-order valence-electron chi connectivity index (χ1n) is 8.83. The van der Waals surface area contributed by atoms with Crippen LogP contribution in [0.5, 0.6) is 0 Å². The normalized spacial score (nSPS) is 19.0. The van der Waals surface area contributed by atoms with Crippen LogP contribution >= 0.6 is 0 Å². The van der Waals surface area contributed by atoms with E-state index in [1.807, 2.05) is 6.08 Å². The minimum absolute atomic E-state index is 0.107. The fourth-order valence-electron chi connectivity index (χ4n) is 3.81. The quantitative estimate of drug-likeness (QED) is 0.616. The van der Waals surface area contributed by atoms with E-state index in [4.69, 9.17) is 0 Å². The molecule has 2 atom stereocenters. The molecular weight excluding hydrogens is 296 g/mol. The second-order valence-corrected chi connectivity index (χ2v) is 6.52. The molecule has 126 valence electrons. The Labute approximate surface area is 144 Å². The first-order valence-corrected chi connectivity index (χ1v) is 8.83. The topological polar surface area (TPSA) is 32.3 Å². The lowest BCUT2D eigenvalue weighted by molar-refractivity contribution is -0.131. The van der Waals surface area contributed by atoms with E-state index in [0.29, 0.717) is 12.5 Å². The van der Waals surface area contributed by atoms with Gasteiger partial charge in [-0.15, -0.1) is 6.58 Å². The van der Waals surface area contributed by atoms with Crippen molar-refractivity contribution in [2.75, 3.05) is 13.1 Å². The van der Waals surface area contributed by atoms with Gasteiger partial charge in [0.1, 0.15) is 0 Å². The number of amides is 1. The number of carbonyl (C=O) groups excluding carboxylic acids is 1. The van der Waals surface area contributed by atoms with Crippen molar-refractivity contribution in [3.63, 3.8) is 0 Å². The number of carbonyl (C=O) groups is 1. The van der Waals surface area contributed by atoms with E-state index < -0.39 is 0 Å². The van der Waals surface area contributed by atoms with Crippen LogP contribution < -0.4 is 5.32 Å². The summed E-state index contributed by atoms with van der Waals surface area (Å²) in [7, 11) is 0. The summed E-state index contributed by atoms with van der Waals surface area (Å²) in [5.74, 6) is 0.282. The van der Waals surface area contributed by atoms with Gasteiger partial charge in [0.2, 0.25) is 5.91 Å². The number of nitrogens with one attached hydrogen (secondary N) is 1. The summed E-state index contributed by atoms with van der Waals surface area (Å²) < 4.78 is 0. The molecule has 1 fully saturated rings. The zero-order chi connectivity index (χ0) is 16.9. The van der Waals surface area contributed by atoms with Crippen LogP contribution in [0.4, 0.5) is 0 Å². The molecular formula is C21H26N2O. The van der Waals surface area contributed by atoms with Gasteiger partial charge in [0.05, 0.1) is 6.04 Å². The van der Waals surface area contributed by atoms with Gasteiger partial charge in [0, 0.05) is 19.0 Å². The highest BCUT2D eigenvalue weighted by Crippen LogP contribution is 2.34. The predicted molar refractivity (Wildman–Crippen MR) is 99.9 cm³/mol. The maximum Gasteiger partial charge on any atom is 0.223 e. The van der Waals surface area contributed by atoms with E-state index in [9.17, 15) is 4.79 Å². The third-order valence-electron chi connectivity index (χ3n) is 5.01. The number of nitrogens with zero attached hydrogens (tertiary/aromatic N) is 1. The lowest BCUT2D eigenvalue weighted by Gasteiger charge is -2.32. The van der Waals surface area contributed by atoms with Crippen LogP contribution in [0.15, 0.2) is 55.1 Å². The van der Waals surface area contributed by atoms with Gasteiger partial charge in [-0.2, -0.15) is 0 Å². The van der Waals surface area contributed by atoms with Gasteiger partial charge in [-0.05, 0) is 42.6 Å². The highest BCUT2D eigenvalue weighted by atomic mass is 16.2. The van der Waals surface area contributed by atoms with Crippen LogP contribution in [-0.4, -0.2) is 29.9 Å². The Balaban J connectivity index is 1.81. The zero-order valence-corrected chi connectivity index (χ0v) is 14.4. The fourth-order valence-corrected chi connectivity index (χ4v) is 3.81. The molecule has 1 heterocycles. The van der Waals surface area contributed by atoms with Gasteiger partial charge < -0.3 is 10.2 Å². The molecule has 0 bridgehead atoms. The van der Waals surface area contributed by atoms with Gasteiger partial charge in [0.25, 0.3) is 0 Å². The molecule has 2 aromatic carbocycles. The molecule has 3 heteroatoms.